The zero-order chi connectivity index (χ0) is 14.1. The van der Waals surface area contributed by atoms with Gasteiger partial charge in [-0.2, -0.15) is 5.26 Å². The maximum absolute atomic E-state index is 13.9. The van der Waals surface area contributed by atoms with Gasteiger partial charge >= 0.3 is 0 Å². The third-order valence-electron chi connectivity index (χ3n) is 3.89. The first kappa shape index (κ1) is 12.9. The predicted octanol–water partition coefficient (Wildman–Crippen LogP) is 2.88. The average Bonchev–Trinajstić information content (AvgIpc) is 2.85. The number of nitrogens with two attached hydrogens (primary N) is 1. The fourth-order valence-corrected chi connectivity index (χ4v) is 2.82. The van der Waals surface area contributed by atoms with Gasteiger partial charge in [0.15, 0.2) is 0 Å². The lowest BCUT2D eigenvalue weighted by atomic mass is 9.92. The maximum Gasteiger partial charge on any atom is 0.129 e. The molecule has 0 spiro atoms. The Morgan fingerprint density at radius 2 is 2.25 bits per heavy atom. The van der Waals surface area contributed by atoms with Gasteiger partial charge in [-0.1, -0.05) is 6.07 Å². The molecule has 1 aromatic carbocycles. The third-order valence-corrected chi connectivity index (χ3v) is 3.89. The standard InChI is InChI=1S/C16H16FN3/c17-15-6-11(7-18)4-5-13(15)9-20-8-12-2-1-3-16(19)14(12)10-20/h4-6,8,10,16H,1-3,9,19H2. The minimum atomic E-state index is -0.333. The van der Waals surface area contributed by atoms with Crippen molar-refractivity contribution in [1.29, 1.82) is 5.26 Å². The van der Waals surface area contributed by atoms with Crippen molar-refractivity contribution in [3.05, 3.63) is 58.7 Å². The Morgan fingerprint density at radius 1 is 1.40 bits per heavy atom. The average molecular weight is 269 g/mol. The number of nitriles is 1. The molecule has 3 rings (SSSR count). The number of halogens is 1. The van der Waals surface area contributed by atoms with E-state index in [4.69, 9.17) is 11.0 Å². The highest BCUT2D eigenvalue weighted by atomic mass is 19.1. The van der Waals surface area contributed by atoms with Crippen LogP contribution in [0.4, 0.5) is 4.39 Å². The quantitative estimate of drug-likeness (QED) is 0.911. The molecule has 0 saturated carbocycles. The number of aromatic nitrogens is 1. The highest BCUT2D eigenvalue weighted by molar-refractivity contribution is 5.34. The summed E-state index contributed by atoms with van der Waals surface area (Å²) in [6.07, 6.45) is 7.26. The molecule has 4 heteroatoms. The van der Waals surface area contributed by atoms with Gasteiger partial charge in [0.05, 0.1) is 11.6 Å². The van der Waals surface area contributed by atoms with Crippen molar-refractivity contribution in [2.24, 2.45) is 5.73 Å². The topological polar surface area (TPSA) is 54.7 Å². The molecule has 0 saturated heterocycles. The molecule has 0 fully saturated rings. The molecule has 1 atom stereocenters. The smallest absolute Gasteiger partial charge is 0.129 e. The van der Waals surface area contributed by atoms with Crippen LogP contribution in [-0.2, 0) is 13.0 Å². The molecule has 1 heterocycles. The van der Waals surface area contributed by atoms with Crippen LogP contribution >= 0.6 is 0 Å². The van der Waals surface area contributed by atoms with Gasteiger partial charge < -0.3 is 10.3 Å². The summed E-state index contributed by atoms with van der Waals surface area (Å²) in [6, 6.07) is 6.65. The fourth-order valence-electron chi connectivity index (χ4n) is 2.82. The van der Waals surface area contributed by atoms with Crippen LogP contribution in [0.2, 0.25) is 0 Å². The molecule has 0 radical (unpaired) electrons. The van der Waals surface area contributed by atoms with Gasteiger partial charge in [0.1, 0.15) is 5.82 Å². The summed E-state index contributed by atoms with van der Waals surface area (Å²) < 4.78 is 15.9. The maximum atomic E-state index is 13.9. The van der Waals surface area contributed by atoms with Gasteiger partial charge in [-0.25, -0.2) is 4.39 Å². The summed E-state index contributed by atoms with van der Waals surface area (Å²) >= 11 is 0. The Hall–Kier alpha value is -2.12. The summed E-state index contributed by atoms with van der Waals surface area (Å²) in [6.45, 7) is 0.470. The second-order valence-corrected chi connectivity index (χ2v) is 5.33. The lowest BCUT2D eigenvalue weighted by Gasteiger charge is -2.17. The summed E-state index contributed by atoms with van der Waals surface area (Å²) in [7, 11) is 0. The second kappa shape index (κ2) is 5.10. The Balaban J connectivity index is 1.87. The molecule has 20 heavy (non-hydrogen) atoms. The normalized spacial score (nSPS) is 17.6. The Morgan fingerprint density at radius 3 is 2.95 bits per heavy atom. The van der Waals surface area contributed by atoms with E-state index in [2.05, 4.69) is 6.20 Å². The molecule has 2 aromatic rings. The van der Waals surface area contributed by atoms with Gasteiger partial charge in [-0.05, 0) is 42.5 Å². The molecule has 3 nitrogen and oxygen atoms in total. The highest BCUT2D eigenvalue weighted by Crippen LogP contribution is 2.29. The summed E-state index contributed by atoms with van der Waals surface area (Å²) in [4.78, 5) is 0. The molecule has 0 bridgehead atoms. The van der Waals surface area contributed by atoms with Crippen molar-refractivity contribution >= 4 is 0 Å². The zero-order valence-corrected chi connectivity index (χ0v) is 11.1. The molecule has 1 aliphatic carbocycles. The second-order valence-electron chi connectivity index (χ2n) is 5.33. The molecule has 0 amide bonds. The lowest BCUT2D eigenvalue weighted by molar-refractivity contribution is 0.573. The van der Waals surface area contributed by atoms with Crippen LogP contribution in [0.5, 0.6) is 0 Å². The molecular formula is C16H16FN3. The van der Waals surface area contributed by atoms with E-state index in [0.29, 0.717) is 17.7 Å². The molecule has 0 aliphatic heterocycles. The van der Waals surface area contributed by atoms with Crippen LogP contribution in [0.25, 0.3) is 0 Å². The monoisotopic (exact) mass is 269 g/mol. The lowest BCUT2D eigenvalue weighted by Crippen LogP contribution is -2.15. The number of nitrogens with zero attached hydrogens (tertiary/aromatic N) is 2. The van der Waals surface area contributed by atoms with E-state index in [1.54, 1.807) is 12.1 Å². The minimum absolute atomic E-state index is 0.103. The Labute approximate surface area is 117 Å². The SMILES string of the molecule is N#Cc1ccc(Cn2cc3c(c2)C(N)CCC3)c(F)c1. The van der Waals surface area contributed by atoms with Crippen LogP contribution in [-0.4, -0.2) is 4.57 Å². The minimum Gasteiger partial charge on any atom is -0.349 e. The first-order valence-corrected chi connectivity index (χ1v) is 6.80. The highest BCUT2D eigenvalue weighted by Gasteiger charge is 2.19. The molecule has 1 unspecified atom stereocenters. The van der Waals surface area contributed by atoms with E-state index >= 15 is 0 Å². The first-order valence-electron chi connectivity index (χ1n) is 6.80. The van der Waals surface area contributed by atoms with Crippen molar-refractivity contribution in [2.45, 2.75) is 31.8 Å². The Bertz CT molecular complexity index is 682. The third kappa shape index (κ3) is 2.33. The van der Waals surface area contributed by atoms with E-state index in [9.17, 15) is 4.39 Å². The number of hydrogen-bond acceptors (Lipinski definition) is 2. The molecular weight excluding hydrogens is 253 g/mol. The van der Waals surface area contributed by atoms with Crippen molar-refractivity contribution in [1.82, 2.24) is 4.57 Å². The zero-order valence-electron chi connectivity index (χ0n) is 11.1. The van der Waals surface area contributed by atoms with Crippen LogP contribution in [0.3, 0.4) is 0 Å². The molecule has 102 valence electrons. The van der Waals surface area contributed by atoms with Crippen LogP contribution in [0.1, 0.15) is 41.1 Å². The van der Waals surface area contributed by atoms with E-state index in [0.717, 1.165) is 19.3 Å². The number of hydrogen-bond donors (Lipinski definition) is 1. The molecule has 1 aliphatic rings. The van der Waals surface area contributed by atoms with Gasteiger partial charge in [0, 0.05) is 30.5 Å². The van der Waals surface area contributed by atoms with Crippen molar-refractivity contribution < 1.29 is 4.39 Å². The van der Waals surface area contributed by atoms with E-state index < -0.39 is 0 Å². The van der Waals surface area contributed by atoms with E-state index in [1.165, 1.54) is 17.2 Å². The number of fused-ring (bicyclic) bond motifs is 1. The number of benzene rings is 1. The van der Waals surface area contributed by atoms with Crippen LogP contribution in [0.15, 0.2) is 30.6 Å². The first-order chi connectivity index (χ1) is 9.67. The molecule has 1 aromatic heterocycles. The van der Waals surface area contributed by atoms with Gasteiger partial charge in [0.2, 0.25) is 0 Å². The summed E-state index contributed by atoms with van der Waals surface area (Å²) in [5.74, 6) is -0.333. The number of aryl methyl sites for hydroxylation is 1. The summed E-state index contributed by atoms with van der Waals surface area (Å²) in [5, 5.41) is 8.75. The van der Waals surface area contributed by atoms with Gasteiger partial charge in [0.25, 0.3) is 0 Å². The Kier molecular flexibility index (Phi) is 3.29. The van der Waals surface area contributed by atoms with Crippen molar-refractivity contribution in [3.63, 3.8) is 0 Å². The van der Waals surface area contributed by atoms with Gasteiger partial charge in [-0.3, -0.25) is 0 Å². The molecule has 2 N–H and O–H groups in total. The van der Waals surface area contributed by atoms with E-state index in [-0.39, 0.29) is 11.9 Å². The van der Waals surface area contributed by atoms with Crippen molar-refractivity contribution in [2.75, 3.05) is 0 Å². The van der Waals surface area contributed by atoms with Crippen molar-refractivity contribution in [3.8, 4) is 6.07 Å². The van der Waals surface area contributed by atoms with Crippen LogP contribution in [0, 0.1) is 17.1 Å². The van der Waals surface area contributed by atoms with E-state index in [1.807, 2.05) is 16.8 Å². The summed E-state index contributed by atoms with van der Waals surface area (Å²) in [5.41, 5.74) is 9.49. The fraction of sp³-hybridized carbons (Fsp3) is 0.312. The van der Waals surface area contributed by atoms with Gasteiger partial charge in [-0.15, -0.1) is 0 Å². The largest absolute Gasteiger partial charge is 0.349 e. The predicted molar refractivity (Wildman–Crippen MR) is 74.5 cm³/mol. The van der Waals surface area contributed by atoms with Crippen LogP contribution < -0.4 is 5.73 Å². The number of rotatable bonds is 2.